The van der Waals surface area contributed by atoms with Crippen molar-refractivity contribution in [3.05, 3.63) is 30.3 Å². The summed E-state index contributed by atoms with van der Waals surface area (Å²) in [4.78, 5) is 15.0. The van der Waals surface area contributed by atoms with E-state index in [0.717, 1.165) is 31.5 Å². The number of benzene rings is 1. The number of carbonyl (C=O) groups is 1. The molecule has 1 aliphatic rings. The van der Waals surface area contributed by atoms with Gasteiger partial charge in [0.15, 0.2) is 0 Å². The highest BCUT2D eigenvalue weighted by Crippen LogP contribution is 2.12. The van der Waals surface area contributed by atoms with Gasteiger partial charge in [0.2, 0.25) is 11.7 Å². The first-order valence-corrected chi connectivity index (χ1v) is 6.94. The van der Waals surface area contributed by atoms with Crippen molar-refractivity contribution in [2.45, 2.75) is 25.8 Å². The first-order chi connectivity index (χ1) is 9.83. The molecular weight excluding hydrogens is 254 g/mol. The molecule has 0 saturated carbocycles. The van der Waals surface area contributed by atoms with Gasteiger partial charge in [-0.25, -0.2) is 0 Å². The Labute approximate surface area is 117 Å². The van der Waals surface area contributed by atoms with E-state index in [4.69, 9.17) is 0 Å². The number of hydrogen-bond acceptors (Lipinski definition) is 4. The smallest absolute Gasteiger partial charge is 0.222 e. The van der Waals surface area contributed by atoms with Gasteiger partial charge in [0.1, 0.15) is 0 Å². The highest BCUT2D eigenvalue weighted by Gasteiger charge is 2.19. The van der Waals surface area contributed by atoms with Crippen molar-refractivity contribution in [2.75, 3.05) is 13.1 Å². The molecule has 1 aromatic carbocycles. The molecule has 3 rings (SSSR count). The van der Waals surface area contributed by atoms with E-state index in [9.17, 15) is 4.79 Å². The van der Waals surface area contributed by atoms with Crippen molar-refractivity contribution < 1.29 is 4.79 Å². The second kappa shape index (κ2) is 5.81. The molecule has 1 fully saturated rings. The number of amides is 1. The van der Waals surface area contributed by atoms with E-state index >= 15 is 0 Å². The quantitative estimate of drug-likeness (QED) is 0.823. The number of likely N-dealkylation sites (tertiary alicyclic amines) is 1. The summed E-state index contributed by atoms with van der Waals surface area (Å²) in [5, 5.41) is 12.5. The monoisotopic (exact) mass is 271 g/mol. The molecule has 2 heterocycles. The molecule has 0 aliphatic carbocycles. The molecule has 0 N–H and O–H groups in total. The zero-order valence-corrected chi connectivity index (χ0v) is 11.3. The van der Waals surface area contributed by atoms with Crippen LogP contribution in [-0.4, -0.2) is 44.1 Å². The fraction of sp³-hybridized carbons (Fsp3) is 0.429. The van der Waals surface area contributed by atoms with Crippen LogP contribution in [0.15, 0.2) is 30.3 Å². The fourth-order valence-electron chi connectivity index (χ4n) is 2.38. The summed E-state index contributed by atoms with van der Waals surface area (Å²) in [5.74, 6) is 0.907. The number of carbonyl (C=O) groups excluding carboxylic acids is 1. The Hall–Kier alpha value is -2.24. The highest BCUT2D eigenvalue weighted by molar-refractivity contribution is 5.77. The largest absolute Gasteiger partial charge is 0.343 e. The molecule has 0 radical (unpaired) electrons. The molecule has 1 saturated heterocycles. The average Bonchev–Trinajstić information content (AvgIpc) is 3.10. The van der Waals surface area contributed by atoms with Crippen LogP contribution in [0.2, 0.25) is 0 Å². The van der Waals surface area contributed by atoms with Gasteiger partial charge in [-0.05, 0) is 18.1 Å². The van der Waals surface area contributed by atoms with Crippen LogP contribution in [-0.2, 0) is 11.3 Å². The topological polar surface area (TPSA) is 63.9 Å². The van der Waals surface area contributed by atoms with Gasteiger partial charge in [-0.2, -0.15) is 4.80 Å². The zero-order chi connectivity index (χ0) is 13.8. The van der Waals surface area contributed by atoms with E-state index < -0.39 is 0 Å². The molecule has 1 aromatic heterocycles. The lowest BCUT2D eigenvalue weighted by molar-refractivity contribution is -0.127. The van der Waals surface area contributed by atoms with Crippen LogP contribution in [0, 0.1) is 0 Å². The van der Waals surface area contributed by atoms with E-state index in [-0.39, 0.29) is 5.91 Å². The Morgan fingerprint density at radius 2 is 2.00 bits per heavy atom. The number of tetrazole rings is 1. The first kappa shape index (κ1) is 12.8. The van der Waals surface area contributed by atoms with E-state index in [2.05, 4.69) is 15.4 Å². The minimum atomic E-state index is 0.265. The number of aromatic nitrogens is 4. The van der Waals surface area contributed by atoms with Crippen LogP contribution in [0.25, 0.3) is 11.4 Å². The molecule has 104 valence electrons. The molecule has 6 heteroatoms. The van der Waals surface area contributed by atoms with Gasteiger partial charge in [-0.3, -0.25) is 4.79 Å². The Kier molecular flexibility index (Phi) is 3.71. The SMILES string of the molecule is O=C1CCCN1CCCn1nnc(-c2ccccc2)n1. The summed E-state index contributed by atoms with van der Waals surface area (Å²) < 4.78 is 0. The molecule has 0 spiro atoms. The van der Waals surface area contributed by atoms with E-state index in [0.29, 0.717) is 18.8 Å². The van der Waals surface area contributed by atoms with Gasteiger partial charge in [0.05, 0.1) is 6.54 Å². The van der Waals surface area contributed by atoms with Crippen LogP contribution in [0.3, 0.4) is 0 Å². The second-order valence-corrected chi connectivity index (χ2v) is 4.91. The van der Waals surface area contributed by atoms with Gasteiger partial charge in [0.25, 0.3) is 0 Å². The zero-order valence-electron chi connectivity index (χ0n) is 11.3. The van der Waals surface area contributed by atoms with E-state index in [1.54, 1.807) is 4.80 Å². The molecule has 1 amide bonds. The number of rotatable bonds is 5. The third-order valence-electron chi connectivity index (χ3n) is 3.44. The Balaban J connectivity index is 1.54. The van der Waals surface area contributed by atoms with Crippen LogP contribution >= 0.6 is 0 Å². The number of aryl methyl sites for hydroxylation is 1. The van der Waals surface area contributed by atoms with Crippen LogP contribution in [0.4, 0.5) is 0 Å². The lowest BCUT2D eigenvalue weighted by Crippen LogP contribution is -2.26. The van der Waals surface area contributed by atoms with Gasteiger partial charge >= 0.3 is 0 Å². The van der Waals surface area contributed by atoms with Crippen LogP contribution in [0.1, 0.15) is 19.3 Å². The lowest BCUT2D eigenvalue weighted by atomic mass is 10.2. The third kappa shape index (κ3) is 2.84. The maximum absolute atomic E-state index is 11.5. The van der Waals surface area contributed by atoms with Gasteiger partial charge in [-0.1, -0.05) is 30.3 Å². The number of nitrogens with zero attached hydrogens (tertiary/aromatic N) is 5. The Bertz CT molecular complexity index is 580. The molecule has 1 aliphatic heterocycles. The van der Waals surface area contributed by atoms with Crippen LogP contribution < -0.4 is 0 Å². The average molecular weight is 271 g/mol. The normalized spacial score (nSPS) is 15.0. The lowest BCUT2D eigenvalue weighted by Gasteiger charge is -2.14. The van der Waals surface area contributed by atoms with Crippen molar-refractivity contribution in [1.29, 1.82) is 0 Å². The Morgan fingerprint density at radius 3 is 2.75 bits per heavy atom. The maximum Gasteiger partial charge on any atom is 0.222 e. The van der Waals surface area contributed by atoms with Crippen molar-refractivity contribution in [2.24, 2.45) is 0 Å². The summed E-state index contributed by atoms with van der Waals surface area (Å²) in [6.45, 7) is 2.35. The summed E-state index contributed by atoms with van der Waals surface area (Å²) in [6, 6.07) is 9.79. The van der Waals surface area contributed by atoms with Gasteiger partial charge in [0, 0.05) is 25.1 Å². The first-order valence-electron chi connectivity index (χ1n) is 6.94. The Morgan fingerprint density at radius 1 is 1.15 bits per heavy atom. The fourth-order valence-corrected chi connectivity index (χ4v) is 2.38. The predicted molar refractivity (Wildman–Crippen MR) is 73.7 cm³/mol. The predicted octanol–water partition coefficient (Wildman–Crippen LogP) is 1.35. The molecule has 6 nitrogen and oxygen atoms in total. The van der Waals surface area contributed by atoms with Gasteiger partial charge in [-0.15, -0.1) is 10.2 Å². The summed E-state index contributed by atoms with van der Waals surface area (Å²) in [7, 11) is 0. The van der Waals surface area contributed by atoms with Crippen molar-refractivity contribution in [3.63, 3.8) is 0 Å². The standard InChI is InChI=1S/C14H17N5O/c20-13-8-4-9-18(13)10-5-11-19-16-14(15-17-19)12-6-2-1-3-7-12/h1-3,6-7H,4-5,8-11H2. The molecular formula is C14H17N5O. The molecule has 0 atom stereocenters. The third-order valence-corrected chi connectivity index (χ3v) is 3.44. The number of hydrogen-bond donors (Lipinski definition) is 0. The van der Waals surface area contributed by atoms with Gasteiger partial charge < -0.3 is 4.90 Å². The van der Waals surface area contributed by atoms with Crippen molar-refractivity contribution in [3.8, 4) is 11.4 Å². The summed E-state index contributed by atoms with van der Waals surface area (Å²) in [5.41, 5.74) is 0.966. The molecule has 0 unspecified atom stereocenters. The van der Waals surface area contributed by atoms with Crippen molar-refractivity contribution in [1.82, 2.24) is 25.1 Å². The highest BCUT2D eigenvalue weighted by atomic mass is 16.2. The molecule has 2 aromatic rings. The van der Waals surface area contributed by atoms with Crippen molar-refractivity contribution >= 4 is 5.91 Å². The van der Waals surface area contributed by atoms with E-state index in [1.165, 1.54) is 0 Å². The summed E-state index contributed by atoms with van der Waals surface area (Å²) >= 11 is 0. The second-order valence-electron chi connectivity index (χ2n) is 4.91. The molecule has 20 heavy (non-hydrogen) atoms. The minimum Gasteiger partial charge on any atom is -0.343 e. The molecule has 0 bridgehead atoms. The van der Waals surface area contributed by atoms with Crippen LogP contribution in [0.5, 0.6) is 0 Å². The van der Waals surface area contributed by atoms with E-state index in [1.807, 2.05) is 35.2 Å². The maximum atomic E-state index is 11.5. The minimum absolute atomic E-state index is 0.265. The summed E-state index contributed by atoms with van der Waals surface area (Å²) in [6.07, 6.45) is 2.54.